The fourth-order valence-electron chi connectivity index (χ4n) is 6.07. The smallest absolute Gasteiger partial charge is 0.311 e. The first-order chi connectivity index (χ1) is 26.2. The van der Waals surface area contributed by atoms with Crippen molar-refractivity contribution in [1.29, 1.82) is 0 Å². The third-order valence-corrected chi connectivity index (χ3v) is 9.33. The number of likely N-dealkylation sites (tertiary alicyclic amines) is 1. The lowest BCUT2D eigenvalue weighted by Crippen LogP contribution is -2.24. The number of hydrogen-bond acceptors (Lipinski definition) is 5. The molecule has 0 spiro atoms. The number of carbonyl (C=O) groups is 2. The summed E-state index contributed by atoms with van der Waals surface area (Å²) in [5.74, 6) is -0.753. The summed E-state index contributed by atoms with van der Waals surface area (Å²) in [4.78, 5) is 27.7. The Bertz CT molecular complexity index is 1100. The van der Waals surface area contributed by atoms with Gasteiger partial charge in [0, 0.05) is 6.42 Å². The topological polar surface area (TPSA) is 55.8 Å². The van der Waals surface area contributed by atoms with Crippen LogP contribution in [0.15, 0.2) is 97.2 Å². The third kappa shape index (κ3) is 33.1. The molecule has 1 atom stereocenters. The quantitative estimate of drug-likeness (QED) is 0.0285. The first-order valence-electron chi connectivity index (χ1n) is 21.4. The lowest BCUT2D eigenvalue weighted by Gasteiger charge is -2.18. The van der Waals surface area contributed by atoms with Crippen molar-refractivity contribution in [1.82, 2.24) is 4.90 Å². The molecule has 5 heteroatoms. The predicted molar refractivity (Wildman–Crippen MR) is 228 cm³/mol. The van der Waals surface area contributed by atoms with Gasteiger partial charge in [-0.2, -0.15) is 0 Å². The molecular weight excluding hydrogens is 655 g/mol. The Labute approximate surface area is 326 Å². The van der Waals surface area contributed by atoms with E-state index in [4.69, 9.17) is 9.47 Å². The van der Waals surface area contributed by atoms with Gasteiger partial charge in [-0.25, -0.2) is 0 Å². The number of unbranched alkanes of at least 4 members (excludes halogenated alkanes) is 7. The molecular formula is C48H77NO4. The zero-order valence-electron chi connectivity index (χ0n) is 34.0. The number of carbonyl (C=O) groups excluding carboxylic acids is 2. The molecule has 0 aromatic rings. The summed E-state index contributed by atoms with van der Waals surface area (Å²) < 4.78 is 10.7. The minimum atomic E-state index is -0.319. The number of esters is 2. The minimum Gasteiger partial charge on any atom is -0.428 e. The summed E-state index contributed by atoms with van der Waals surface area (Å²) in [5, 5.41) is 0. The first kappa shape index (κ1) is 47.8. The first-order valence-corrected chi connectivity index (χ1v) is 21.4. The molecule has 0 aromatic carbocycles. The number of hydrogen-bond donors (Lipinski definition) is 0. The molecule has 1 fully saturated rings. The maximum absolute atomic E-state index is 13.0. The van der Waals surface area contributed by atoms with Crippen molar-refractivity contribution in [2.75, 3.05) is 26.4 Å². The van der Waals surface area contributed by atoms with Crippen LogP contribution in [-0.4, -0.2) is 43.3 Å². The summed E-state index contributed by atoms with van der Waals surface area (Å²) in [6.07, 6.45) is 59.0. The zero-order valence-corrected chi connectivity index (χ0v) is 34.0. The lowest BCUT2D eigenvalue weighted by molar-refractivity contribution is -0.170. The summed E-state index contributed by atoms with van der Waals surface area (Å²) in [6.45, 7) is 7.54. The van der Waals surface area contributed by atoms with E-state index in [1.54, 1.807) is 0 Å². The normalized spacial score (nSPS) is 15.1. The zero-order chi connectivity index (χ0) is 38.1. The average Bonchev–Trinajstić information content (AvgIpc) is 3.69. The van der Waals surface area contributed by atoms with Crippen molar-refractivity contribution in [2.45, 2.75) is 162 Å². The molecule has 0 N–H and O–H groups in total. The fourth-order valence-corrected chi connectivity index (χ4v) is 6.07. The molecule has 5 nitrogen and oxygen atoms in total. The SMILES string of the molecule is CCCCCC=CCC=CCC=CCC=CCCCC(=O)OCOC(=O)C(CCC=CCC=CCC=CCC=CCCCCC)CCCN1CCCC1. The summed E-state index contributed by atoms with van der Waals surface area (Å²) >= 11 is 0. The summed E-state index contributed by atoms with van der Waals surface area (Å²) in [7, 11) is 0. The number of rotatable bonds is 34. The molecule has 1 aliphatic rings. The van der Waals surface area contributed by atoms with Gasteiger partial charge in [0.15, 0.2) is 0 Å². The van der Waals surface area contributed by atoms with Gasteiger partial charge in [-0.05, 0) is 135 Å². The van der Waals surface area contributed by atoms with Crippen LogP contribution < -0.4 is 0 Å². The molecule has 0 radical (unpaired) electrons. The largest absolute Gasteiger partial charge is 0.428 e. The van der Waals surface area contributed by atoms with E-state index in [0.29, 0.717) is 6.42 Å². The molecule has 1 unspecified atom stereocenters. The van der Waals surface area contributed by atoms with E-state index in [1.165, 1.54) is 64.2 Å². The van der Waals surface area contributed by atoms with Gasteiger partial charge >= 0.3 is 11.9 Å². The minimum absolute atomic E-state index is 0.181. The number of nitrogens with zero attached hydrogens (tertiary/aromatic N) is 1. The molecule has 1 rings (SSSR count). The van der Waals surface area contributed by atoms with E-state index in [2.05, 4.69) is 116 Å². The van der Waals surface area contributed by atoms with Crippen molar-refractivity contribution in [3.63, 3.8) is 0 Å². The van der Waals surface area contributed by atoms with Crippen molar-refractivity contribution in [2.24, 2.45) is 5.92 Å². The van der Waals surface area contributed by atoms with Crippen molar-refractivity contribution in [3.05, 3.63) is 97.2 Å². The van der Waals surface area contributed by atoms with E-state index in [-0.39, 0.29) is 24.6 Å². The van der Waals surface area contributed by atoms with Crippen LogP contribution in [0.5, 0.6) is 0 Å². The van der Waals surface area contributed by atoms with Crippen molar-refractivity contribution in [3.8, 4) is 0 Å². The number of allylic oxidation sites excluding steroid dienone is 16. The van der Waals surface area contributed by atoms with E-state index >= 15 is 0 Å². The van der Waals surface area contributed by atoms with E-state index in [0.717, 1.165) is 96.7 Å². The highest BCUT2D eigenvalue weighted by atomic mass is 16.7. The van der Waals surface area contributed by atoms with Crippen LogP contribution in [0.2, 0.25) is 0 Å². The van der Waals surface area contributed by atoms with Crippen LogP contribution in [0, 0.1) is 5.92 Å². The predicted octanol–water partition coefficient (Wildman–Crippen LogP) is 13.4. The van der Waals surface area contributed by atoms with Crippen LogP contribution in [0.4, 0.5) is 0 Å². The summed E-state index contributed by atoms with van der Waals surface area (Å²) in [5.41, 5.74) is 0. The van der Waals surface area contributed by atoms with Gasteiger partial charge in [0.25, 0.3) is 0 Å². The second-order valence-electron chi connectivity index (χ2n) is 14.1. The molecule has 0 saturated carbocycles. The highest BCUT2D eigenvalue weighted by Crippen LogP contribution is 2.18. The van der Waals surface area contributed by atoms with Gasteiger partial charge in [-0.1, -0.05) is 137 Å². The molecule has 1 saturated heterocycles. The highest BCUT2D eigenvalue weighted by molar-refractivity contribution is 5.73. The maximum Gasteiger partial charge on any atom is 0.311 e. The van der Waals surface area contributed by atoms with Gasteiger partial charge < -0.3 is 14.4 Å². The molecule has 0 bridgehead atoms. The number of ether oxygens (including phenoxy) is 2. The molecule has 298 valence electrons. The maximum atomic E-state index is 13.0. The second kappa shape index (κ2) is 38.5. The van der Waals surface area contributed by atoms with Crippen molar-refractivity contribution >= 4 is 11.9 Å². The Hall–Kier alpha value is -3.18. The van der Waals surface area contributed by atoms with Gasteiger partial charge in [0.2, 0.25) is 6.79 Å². The van der Waals surface area contributed by atoms with Crippen LogP contribution in [0.25, 0.3) is 0 Å². The van der Waals surface area contributed by atoms with Crippen LogP contribution in [0.3, 0.4) is 0 Å². The fraction of sp³-hybridized carbons (Fsp3) is 0.625. The third-order valence-electron chi connectivity index (χ3n) is 9.33. The van der Waals surface area contributed by atoms with Crippen LogP contribution in [-0.2, 0) is 19.1 Å². The molecule has 0 aliphatic carbocycles. The van der Waals surface area contributed by atoms with Gasteiger partial charge in [0.05, 0.1) is 5.92 Å². The van der Waals surface area contributed by atoms with E-state index in [9.17, 15) is 9.59 Å². The lowest BCUT2D eigenvalue weighted by atomic mass is 9.97. The Kier molecular flexibility index (Phi) is 34.8. The molecule has 1 heterocycles. The monoisotopic (exact) mass is 732 g/mol. The van der Waals surface area contributed by atoms with Gasteiger partial charge in [0.1, 0.15) is 0 Å². The Balaban J connectivity index is 2.23. The summed E-state index contributed by atoms with van der Waals surface area (Å²) in [6, 6.07) is 0. The molecule has 0 aromatic heterocycles. The van der Waals surface area contributed by atoms with Gasteiger partial charge in [-0.3, -0.25) is 9.59 Å². The standard InChI is InChI=1S/C48H77NO4/c1-3-5-7-9-11-13-15-17-19-21-23-25-27-29-31-33-35-41-47(50)52-45-53-48(51)46(40-38-44-49-42-36-37-43-49)39-34-32-30-28-26-24-22-20-18-16-14-12-10-8-6-4-2/h11-14,17-20,23-26,29-32,46H,3-10,15-16,21-22,27-28,33-45H2,1-2H3. The Morgan fingerprint density at radius 2 is 0.943 bits per heavy atom. The van der Waals surface area contributed by atoms with Gasteiger partial charge in [-0.15, -0.1) is 0 Å². The Morgan fingerprint density at radius 1 is 0.509 bits per heavy atom. The molecule has 53 heavy (non-hydrogen) atoms. The molecule has 0 amide bonds. The van der Waals surface area contributed by atoms with Crippen molar-refractivity contribution < 1.29 is 19.1 Å². The van der Waals surface area contributed by atoms with Crippen LogP contribution in [0.1, 0.15) is 162 Å². The highest BCUT2D eigenvalue weighted by Gasteiger charge is 2.21. The molecule has 1 aliphatic heterocycles. The average molecular weight is 732 g/mol. The second-order valence-corrected chi connectivity index (χ2v) is 14.1. The van der Waals surface area contributed by atoms with E-state index < -0.39 is 0 Å². The Morgan fingerprint density at radius 3 is 1.42 bits per heavy atom. The van der Waals surface area contributed by atoms with Crippen LogP contribution >= 0.6 is 0 Å². The van der Waals surface area contributed by atoms with E-state index in [1.807, 2.05) is 0 Å².